The number of rotatable bonds is 6. The van der Waals surface area contributed by atoms with Gasteiger partial charge in [0.2, 0.25) is 0 Å². The molecule has 0 bridgehead atoms. The Bertz CT molecular complexity index is 519. The molecule has 0 atom stereocenters. The van der Waals surface area contributed by atoms with E-state index in [0.717, 1.165) is 11.8 Å². The van der Waals surface area contributed by atoms with Crippen molar-refractivity contribution in [3.05, 3.63) is 53.4 Å². The van der Waals surface area contributed by atoms with Crippen LogP contribution in [0.25, 0.3) is 0 Å². The van der Waals surface area contributed by atoms with Crippen LogP contribution in [0, 0.1) is 11.6 Å². The van der Waals surface area contributed by atoms with Crippen molar-refractivity contribution in [3.8, 4) is 0 Å². The quantitative estimate of drug-likeness (QED) is 0.872. The molecule has 19 heavy (non-hydrogen) atoms. The Labute approximate surface area is 109 Å². The standard InChI is InChI=1S/C13H14F3N3/c14-2-4-19-3-1-13(18-19)9-17-8-10-5-11(15)7-12(16)6-10/h1,3,5-7,17H,2,4,8-9H2. The zero-order valence-corrected chi connectivity index (χ0v) is 10.2. The van der Waals surface area contributed by atoms with E-state index in [1.165, 1.54) is 16.8 Å². The van der Waals surface area contributed by atoms with E-state index in [0.29, 0.717) is 18.7 Å². The van der Waals surface area contributed by atoms with Crippen LogP contribution in [0.5, 0.6) is 0 Å². The second-order valence-electron chi connectivity index (χ2n) is 4.14. The van der Waals surface area contributed by atoms with E-state index in [4.69, 9.17) is 0 Å². The van der Waals surface area contributed by atoms with Crippen LogP contribution < -0.4 is 5.32 Å². The molecule has 1 N–H and O–H groups in total. The molecule has 0 fully saturated rings. The van der Waals surface area contributed by atoms with E-state index in [-0.39, 0.29) is 6.54 Å². The molecule has 102 valence electrons. The van der Waals surface area contributed by atoms with Gasteiger partial charge < -0.3 is 5.32 Å². The summed E-state index contributed by atoms with van der Waals surface area (Å²) >= 11 is 0. The molecular weight excluding hydrogens is 255 g/mol. The molecule has 0 saturated carbocycles. The molecule has 0 radical (unpaired) electrons. The summed E-state index contributed by atoms with van der Waals surface area (Å²) in [6.07, 6.45) is 1.69. The maximum atomic E-state index is 12.9. The summed E-state index contributed by atoms with van der Waals surface area (Å²) < 4.78 is 39.5. The maximum Gasteiger partial charge on any atom is 0.126 e. The molecule has 1 heterocycles. The summed E-state index contributed by atoms with van der Waals surface area (Å²) in [6.45, 7) is 0.564. The molecule has 0 amide bonds. The van der Waals surface area contributed by atoms with E-state index < -0.39 is 18.3 Å². The molecule has 0 aliphatic carbocycles. The number of alkyl halides is 1. The van der Waals surface area contributed by atoms with E-state index in [1.807, 2.05) is 0 Å². The van der Waals surface area contributed by atoms with Crippen molar-refractivity contribution >= 4 is 0 Å². The van der Waals surface area contributed by atoms with Crippen LogP contribution in [0.3, 0.4) is 0 Å². The molecule has 0 spiro atoms. The molecule has 0 unspecified atom stereocenters. The summed E-state index contributed by atoms with van der Waals surface area (Å²) in [5, 5.41) is 7.16. The number of aromatic nitrogens is 2. The Kier molecular flexibility index (Phi) is 4.57. The van der Waals surface area contributed by atoms with Gasteiger partial charge in [-0.1, -0.05) is 0 Å². The summed E-state index contributed by atoms with van der Waals surface area (Å²) in [5.74, 6) is -1.19. The number of halogens is 3. The predicted octanol–water partition coefficient (Wildman–Crippen LogP) is 2.42. The van der Waals surface area contributed by atoms with Crippen molar-refractivity contribution in [2.24, 2.45) is 0 Å². The minimum absolute atomic E-state index is 0.231. The van der Waals surface area contributed by atoms with Gasteiger partial charge in [0.05, 0.1) is 12.2 Å². The van der Waals surface area contributed by atoms with Gasteiger partial charge in [0, 0.05) is 25.4 Å². The normalized spacial score (nSPS) is 10.9. The molecule has 0 saturated heterocycles. The maximum absolute atomic E-state index is 12.9. The van der Waals surface area contributed by atoms with Crippen LogP contribution in [0.15, 0.2) is 30.5 Å². The van der Waals surface area contributed by atoms with Crippen LogP contribution in [0.1, 0.15) is 11.3 Å². The fraction of sp³-hybridized carbons (Fsp3) is 0.308. The second kappa shape index (κ2) is 6.38. The highest BCUT2D eigenvalue weighted by atomic mass is 19.1. The molecule has 6 heteroatoms. The Hall–Kier alpha value is -1.82. The van der Waals surface area contributed by atoms with Crippen molar-refractivity contribution in [2.45, 2.75) is 19.6 Å². The lowest BCUT2D eigenvalue weighted by molar-refractivity contribution is 0.425. The minimum atomic E-state index is -0.593. The lowest BCUT2D eigenvalue weighted by Gasteiger charge is -2.04. The monoisotopic (exact) mass is 269 g/mol. The van der Waals surface area contributed by atoms with E-state index in [9.17, 15) is 13.2 Å². The number of nitrogens with one attached hydrogen (secondary N) is 1. The Balaban J connectivity index is 1.85. The Morgan fingerprint density at radius 2 is 1.84 bits per heavy atom. The average Bonchev–Trinajstić information content (AvgIpc) is 2.76. The van der Waals surface area contributed by atoms with Crippen molar-refractivity contribution in [3.63, 3.8) is 0 Å². The highest BCUT2D eigenvalue weighted by molar-refractivity contribution is 5.17. The van der Waals surface area contributed by atoms with Crippen molar-refractivity contribution < 1.29 is 13.2 Å². The van der Waals surface area contributed by atoms with Gasteiger partial charge >= 0.3 is 0 Å². The van der Waals surface area contributed by atoms with Gasteiger partial charge in [-0.05, 0) is 23.8 Å². The Morgan fingerprint density at radius 3 is 2.53 bits per heavy atom. The molecule has 1 aromatic heterocycles. The highest BCUT2D eigenvalue weighted by Crippen LogP contribution is 2.07. The molecular formula is C13H14F3N3. The van der Waals surface area contributed by atoms with Crippen LogP contribution >= 0.6 is 0 Å². The third kappa shape index (κ3) is 4.10. The smallest absolute Gasteiger partial charge is 0.126 e. The third-order valence-electron chi connectivity index (χ3n) is 2.57. The molecule has 3 nitrogen and oxygen atoms in total. The van der Waals surface area contributed by atoms with Gasteiger partial charge in [-0.25, -0.2) is 13.2 Å². The molecule has 2 rings (SSSR count). The van der Waals surface area contributed by atoms with Gasteiger partial charge in [-0.15, -0.1) is 0 Å². The van der Waals surface area contributed by atoms with Crippen LogP contribution in [-0.4, -0.2) is 16.5 Å². The molecule has 0 aliphatic rings. The zero-order valence-electron chi connectivity index (χ0n) is 10.2. The fourth-order valence-corrected chi connectivity index (χ4v) is 1.76. The van der Waals surface area contributed by atoms with Crippen molar-refractivity contribution in [1.82, 2.24) is 15.1 Å². The van der Waals surface area contributed by atoms with Gasteiger partial charge in [-0.2, -0.15) is 5.10 Å². The first-order valence-electron chi connectivity index (χ1n) is 5.91. The highest BCUT2D eigenvalue weighted by Gasteiger charge is 2.02. The first kappa shape index (κ1) is 13.6. The topological polar surface area (TPSA) is 29.9 Å². The van der Waals surface area contributed by atoms with E-state index >= 15 is 0 Å². The number of hydrogen-bond donors (Lipinski definition) is 1. The number of hydrogen-bond acceptors (Lipinski definition) is 2. The first-order valence-corrected chi connectivity index (χ1v) is 5.91. The average molecular weight is 269 g/mol. The van der Waals surface area contributed by atoms with Gasteiger partial charge in [0.1, 0.15) is 18.3 Å². The predicted molar refractivity (Wildman–Crippen MR) is 65.1 cm³/mol. The second-order valence-corrected chi connectivity index (χ2v) is 4.14. The van der Waals surface area contributed by atoms with Crippen LogP contribution in [-0.2, 0) is 19.6 Å². The number of nitrogens with zero attached hydrogens (tertiary/aromatic N) is 2. The van der Waals surface area contributed by atoms with Crippen LogP contribution in [0.4, 0.5) is 13.2 Å². The number of aryl methyl sites for hydroxylation is 1. The van der Waals surface area contributed by atoms with E-state index in [1.54, 1.807) is 12.3 Å². The van der Waals surface area contributed by atoms with Gasteiger partial charge in [-0.3, -0.25) is 4.68 Å². The van der Waals surface area contributed by atoms with E-state index in [2.05, 4.69) is 10.4 Å². The number of benzene rings is 1. The van der Waals surface area contributed by atoms with Crippen molar-refractivity contribution in [2.75, 3.05) is 6.67 Å². The molecule has 1 aromatic carbocycles. The third-order valence-corrected chi connectivity index (χ3v) is 2.57. The zero-order chi connectivity index (χ0) is 13.7. The van der Waals surface area contributed by atoms with Gasteiger partial charge in [0.25, 0.3) is 0 Å². The summed E-state index contributed by atoms with van der Waals surface area (Å²) in [6, 6.07) is 5.16. The summed E-state index contributed by atoms with van der Waals surface area (Å²) in [4.78, 5) is 0. The van der Waals surface area contributed by atoms with Gasteiger partial charge in [0.15, 0.2) is 0 Å². The summed E-state index contributed by atoms with van der Waals surface area (Å²) in [5.41, 5.74) is 1.28. The molecule has 0 aliphatic heterocycles. The lowest BCUT2D eigenvalue weighted by atomic mass is 10.2. The lowest BCUT2D eigenvalue weighted by Crippen LogP contribution is -2.14. The fourth-order valence-electron chi connectivity index (χ4n) is 1.76. The Morgan fingerprint density at radius 1 is 1.11 bits per heavy atom. The minimum Gasteiger partial charge on any atom is -0.307 e. The SMILES string of the molecule is FCCn1ccc(CNCc2cc(F)cc(F)c2)n1. The largest absolute Gasteiger partial charge is 0.307 e. The molecule has 2 aromatic rings. The van der Waals surface area contributed by atoms with Crippen molar-refractivity contribution in [1.29, 1.82) is 0 Å². The van der Waals surface area contributed by atoms with Crippen LogP contribution in [0.2, 0.25) is 0 Å². The first-order chi connectivity index (χ1) is 9.17. The summed E-state index contributed by atoms with van der Waals surface area (Å²) in [7, 11) is 0.